The number of likely N-dealkylation sites (tertiary alicyclic amines) is 2. The number of hydrogen-bond donors (Lipinski definition) is 0. The molecular weight excluding hydrogens is 390 g/mol. The fourth-order valence-corrected chi connectivity index (χ4v) is 4.62. The van der Waals surface area contributed by atoms with Gasteiger partial charge in [-0.1, -0.05) is 12.1 Å². The van der Waals surface area contributed by atoms with Gasteiger partial charge in [-0.3, -0.25) is 19.7 Å². The number of carbonyl (C=O) groups excluding carboxylic acids is 1. The summed E-state index contributed by atoms with van der Waals surface area (Å²) in [4.78, 5) is 30.4. The van der Waals surface area contributed by atoms with E-state index in [4.69, 9.17) is 4.74 Å². The number of rotatable bonds is 4. The first-order chi connectivity index (χ1) is 15.3. The van der Waals surface area contributed by atoms with Crippen molar-refractivity contribution >= 4 is 16.9 Å². The lowest BCUT2D eigenvalue weighted by Gasteiger charge is -2.41. The maximum atomic E-state index is 12.9. The second-order valence-corrected chi connectivity index (χ2v) is 8.30. The van der Waals surface area contributed by atoms with Gasteiger partial charge >= 0.3 is 0 Å². The first-order valence-corrected chi connectivity index (χ1v) is 11.1. The van der Waals surface area contributed by atoms with Gasteiger partial charge < -0.3 is 9.64 Å². The fraction of sp³-hybridized carbons (Fsp3) is 0.417. The summed E-state index contributed by atoms with van der Waals surface area (Å²) in [5, 5.41) is 0. The Morgan fingerprint density at radius 3 is 2.35 bits per heavy atom. The number of carbonyl (C=O) groups is 1. The molecule has 2 saturated heterocycles. The zero-order valence-corrected chi connectivity index (χ0v) is 17.6. The van der Waals surface area contributed by atoms with Gasteiger partial charge in [-0.15, -0.1) is 0 Å². The van der Waals surface area contributed by atoms with Crippen molar-refractivity contribution in [3.63, 3.8) is 0 Å². The van der Waals surface area contributed by atoms with Crippen LogP contribution in [0.1, 0.15) is 36.2 Å². The molecule has 0 spiro atoms. The Labute approximate surface area is 182 Å². The number of nitrogens with zero attached hydrogens (tertiary/aromatic N) is 5. The van der Waals surface area contributed by atoms with Crippen LogP contribution in [-0.2, 0) is 0 Å². The molecule has 2 aliphatic rings. The van der Waals surface area contributed by atoms with Crippen LogP contribution in [-0.4, -0.2) is 69.0 Å². The maximum absolute atomic E-state index is 12.9. The van der Waals surface area contributed by atoms with Gasteiger partial charge in [0.2, 0.25) is 0 Å². The van der Waals surface area contributed by atoms with Gasteiger partial charge in [0.05, 0.1) is 17.2 Å². The van der Waals surface area contributed by atoms with Crippen molar-refractivity contribution in [2.75, 3.05) is 26.2 Å². The third-order valence-corrected chi connectivity index (χ3v) is 6.36. The highest BCUT2D eigenvalue weighted by Gasteiger charge is 2.31. The third-order valence-electron chi connectivity index (χ3n) is 6.36. The molecule has 0 radical (unpaired) electrons. The van der Waals surface area contributed by atoms with Gasteiger partial charge in [0.15, 0.2) is 0 Å². The van der Waals surface area contributed by atoms with Gasteiger partial charge in [0, 0.05) is 44.6 Å². The summed E-state index contributed by atoms with van der Waals surface area (Å²) in [5.41, 5.74) is 2.01. The smallest absolute Gasteiger partial charge is 0.274 e. The predicted molar refractivity (Wildman–Crippen MR) is 118 cm³/mol. The van der Waals surface area contributed by atoms with Crippen LogP contribution in [0.15, 0.2) is 55.0 Å². The second-order valence-electron chi connectivity index (χ2n) is 8.30. The molecule has 2 aliphatic heterocycles. The first kappa shape index (κ1) is 19.9. The number of fused-ring (bicyclic) bond motifs is 1. The normalized spacial score (nSPS) is 18.9. The van der Waals surface area contributed by atoms with E-state index in [1.165, 1.54) is 0 Å². The van der Waals surface area contributed by atoms with Crippen molar-refractivity contribution < 1.29 is 9.53 Å². The molecule has 7 heteroatoms. The number of pyridine rings is 1. The third kappa shape index (κ3) is 4.51. The van der Waals surface area contributed by atoms with Gasteiger partial charge in [0.25, 0.3) is 5.91 Å². The van der Waals surface area contributed by atoms with Crippen LogP contribution >= 0.6 is 0 Å². The van der Waals surface area contributed by atoms with Crippen molar-refractivity contribution in [3.8, 4) is 5.75 Å². The van der Waals surface area contributed by atoms with Gasteiger partial charge in [-0.2, -0.15) is 0 Å². The number of benzene rings is 1. The highest BCUT2D eigenvalue weighted by molar-refractivity contribution is 5.93. The van der Waals surface area contributed by atoms with Crippen LogP contribution in [0.3, 0.4) is 0 Å². The summed E-state index contributed by atoms with van der Waals surface area (Å²) in [6, 6.07) is 12.0. The number of hydrogen-bond acceptors (Lipinski definition) is 6. The van der Waals surface area contributed by atoms with Crippen LogP contribution in [0.4, 0.5) is 0 Å². The second kappa shape index (κ2) is 8.98. The standard InChI is InChI=1S/C24H27N5O2/c30-24(23-17-26-21-3-1-2-4-22(21)27-23)29-13-7-18(8-14-29)28-15-9-20(10-16-28)31-19-5-11-25-12-6-19/h1-6,11-12,17-18,20H,7-10,13-16H2. The molecular formula is C24H27N5O2. The topological polar surface area (TPSA) is 71.5 Å². The molecule has 160 valence electrons. The van der Waals surface area contributed by atoms with Gasteiger partial charge in [-0.25, -0.2) is 4.98 Å². The summed E-state index contributed by atoms with van der Waals surface area (Å²) < 4.78 is 6.09. The van der Waals surface area contributed by atoms with E-state index >= 15 is 0 Å². The van der Waals surface area contributed by atoms with E-state index in [2.05, 4.69) is 19.9 Å². The lowest BCUT2D eigenvalue weighted by atomic mass is 9.98. The monoisotopic (exact) mass is 417 g/mol. The van der Waals surface area contributed by atoms with Crippen molar-refractivity contribution in [1.82, 2.24) is 24.8 Å². The minimum atomic E-state index is -0.0128. The molecule has 5 rings (SSSR count). The molecule has 0 saturated carbocycles. The lowest BCUT2D eigenvalue weighted by Crippen LogP contribution is -2.50. The van der Waals surface area contributed by atoms with Crippen molar-refractivity contribution in [2.24, 2.45) is 0 Å². The van der Waals surface area contributed by atoms with E-state index < -0.39 is 0 Å². The predicted octanol–water partition coefficient (Wildman–Crippen LogP) is 3.17. The van der Waals surface area contributed by atoms with Crippen molar-refractivity contribution in [2.45, 2.75) is 37.8 Å². The van der Waals surface area contributed by atoms with Crippen molar-refractivity contribution in [3.05, 3.63) is 60.7 Å². The van der Waals surface area contributed by atoms with E-state index in [0.717, 1.165) is 68.6 Å². The van der Waals surface area contributed by atoms with Crippen LogP contribution < -0.4 is 4.74 Å². The van der Waals surface area contributed by atoms with Crippen LogP contribution in [0.5, 0.6) is 5.75 Å². The first-order valence-electron chi connectivity index (χ1n) is 11.1. The van der Waals surface area contributed by atoms with Crippen molar-refractivity contribution in [1.29, 1.82) is 0 Å². The molecule has 0 N–H and O–H groups in total. The number of amides is 1. The molecule has 3 aromatic rings. The number of ether oxygens (including phenoxy) is 1. The minimum Gasteiger partial charge on any atom is -0.490 e. The van der Waals surface area contributed by atoms with Gasteiger partial charge in [-0.05, 0) is 49.9 Å². The number of aromatic nitrogens is 3. The molecule has 2 aromatic heterocycles. The van der Waals surface area contributed by atoms with E-state index in [1.54, 1.807) is 18.6 Å². The number of para-hydroxylation sites is 2. The van der Waals surface area contributed by atoms with E-state index in [1.807, 2.05) is 41.3 Å². The number of piperidine rings is 2. The summed E-state index contributed by atoms with van der Waals surface area (Å²) >= 11 is 0. The SMILES string of the molecule is O=C(c1cnc2ccccc2n1)N1CCC(N2CCC(Oc3ccncc3)CC2)CC1. The molecule has 31 heavy (non-hydrogen) atoms. The molecule has 0 bridgehead atoms. The summed E-state index contributed by atoms with van der Waals surface area (Å²) in [5.74, 6) is 0.887. The Kier molecular flexibility index (Phi) is 5.76. The molecule has 0 aliphatic carbocycles. The Balaban J connectivity index is 1.12. The maximum Gasteiger partial charge on any atom is 0.274 e. The average molecular weight is 418 g/mol. The van der Waals surface area contributed by atoms with E-state index in [-0.39, 0.29) is 12.0 Å². The molecule has 0 unspecified atom stereocenters. The Morgan fingerprint density at radius 1 is 0.903 bits per heavy atom. The Hall–Kier alpha value is -3.06. The van der Waals surface area contributed by atoms with Gasteiger partial charge in [0.1, 0.15) is 17.5 Å². The fourth-order valence-electron chi connectivity index (χ4n) is 4.62. The lowest BCUT2D eigenvalue weighted by molar-refractivity contribution is 0.0422. The molecule has 1 amide bonds. The largest absolute Gasteiger partial charge is 0.490 e. The summed E-state index contributed by atoms with van der Waals surface area (Å²) in [7, 11) is 0. The zero-order valence-electron chi connectivity index (χ0n) is 17.6. The molecule has 0 atom stereocenters. The highest BCUT2D eigenvalue weighted by Crippen LogP contribution is 2.24. The van der Waals surface area contributed by atoms with E-state index in [9.17, 15) is 4.79 Å². The van der Waals surface area contributed by atoms with Crippen LogP contribution in [0, 0.1) is 0 Å². The molecule has 1 aromatic carbocycles. The Bertz CT molecular complexity index is 1030. The Morgan fingerprint density at radius 2 is 1.61 bits per heavy atom. The minimum absolute atomic E-state index is 0.0128. The average Bonchev–Trinajstić information content (AvgIpc) is 2.84. The molecule has 2 fully saturated rings. The summed E-state index contributed by atoms with van der Waals surface area (Å²) in [6.45, 7) is 3.63. The molecule has 4 heterocycles. The molecule has 7 nitrogen and oxygen atoms in total. The van der Waals surface area contributed by atoms with E-state index in [0.29, 0.717) is 11.7 Å². The van der Waals surface area contributed by atoms with Crippen LogP contribution in [0.25, 0.3) is 11.0 Å². The zero-order chi connectivity index (χ0) is 21.0. The summed E-state index contributed by atoms with van der Waals surface area (Å²) in [6.07, 6.45) is 9.48. The van der Waals surface area contributed by atoms with Crippen LogP contribution in [0.2, 0.25) is 0 Å². The quantitative estimate of drug-likeness (QED) is 0.649. The highest BCUT2D eigenvalue weighted by atomic mass is 16.5.